The van der Waals surface area contributed by atoms with Crippen LogP contribution in [0.25, 0.3) is 6.08 Å². The van der Waals surface area contributed by atoms with E-state index in [0.29, 0.717) is 24.7 Å². The van der Waals surface area contributed by atoms with Crippen molar-refractivity contribution in [3.63, 3.8) is 0 Å². The summed E-state index contributed by atoms with van der Waals surface area (Å²) in [7, 11) is 1.75. The SMILES string of the molecule is CCOc1ccc(/C=C/C(=O)N(C)C(C)c2ccco2)cc1OCC. The highest BCUT2D eigenvalue weighted by Crippen LogP contribution is 2.29. The maximum absolute atomic E-state index is 12.4. The van der Waals surface area contributed by atoms with Gasteiger partial charge in [-0.25, -0.2) is 0 Å². The molecule has 134 valence electrons. The lowest BCUT2D eigenvalue weighted by molar-refractivity contribution is -0.126. The molecule has 1 aromatic carbocycles. The van der Waals surface area contributed by atoms with Crippen LogP contribution in [0.15, 0.2) is 47.1 Å². The van der Waals surface area contributed by atoms with E-state index in [4.69, 9.17) is 13.9 Å². The highest BCUT2D eigenvalue weighted by atomic mass is 16.5. The van der Waals surface area contributed by atoms with Crippen LogP contribution in [0.4, 0.5) is 0 Å². The van der Waals surface area contributed by atoms with Crippen LogP contribution in [0.3, 0.4) is 0 Å². The Bertz CT molecular complexity index is 706. The summed E-state index contributed by atoms with van der Waals surface area (Å²) >= 11 is 0. The summed E-state index contributed by atoms with van der Waals surface area (Å²) in [5, 5.41) is 0. The van der Waals surface area contributed by atoms with Crippen LogP contribution in [0.2, 0.25) is 0 Å². The number of nitrogens with zero attached hydrogens (tertiary/aromatic N) is 1. The molecule has 2 aromatic rings. The van der Waals surface area contributed by atoms with E-state index in [1.165, 1.54) is 0 Å². The number of ether oxygens (including phenoxy) is 2. The summed E-state index contributed by atoms with van der Waals surface area (Å²) in [6, 6.07) is 9.16. The predicted molar refractivity (Wildman–Crippen MR) is 97.7 cm³/mol. The second-order valence-electron chi connectivity index (χ2n) is 5.55. The molecule has 1 aromatic heterocycles. The molecule has 0 saturated heterocycles. The van der Waals surface area contributed by atoms with Crippen molar-refractivity contribution in [1.82, 2.24) is 4.90 Å². The average Bonchev–Trinajstić information content (AvgIpc) is 3.15. The summed E-state index contributed by atoms with van der Waals surface area (Å²) in [5.74, 6) is 2.03. The molecule has 0 N–H and O–H groups in total. The van der Waals surface area contributed by atoms with E-state index in [1.807, 2.05) is 51.1 Å². The van der Waals surface area contributed by atoms with Gasteiger partial charge >= 0.3 is 0 Å². The van der Waals surface area contributed by atoms with Crippen molar-refractivity contribution in [2.75, 3.05) is 20.3 Å². The van der Waals surface area contributed by atoms with Gasteiger partial charge in [0.1, 0.15) is 5.76 Å². The van der Waals surface area contributed by atoms with Crippen LogP contribution in [0.1, 0.15) is 38.1 Å². The number of amides is 1. The van der Waals surface area contributed by atoms with Gasteiger partial charge in [-0.2, -0.15) is 0 Å². The largest absolute Gasteiger partial charge is 0.490 e. The van der Waals surface area contributed by atoms with Gasteiger partial charge in [0.15, 0.2) is 11.5 Å². The summed E-state index contributed by atoms with van der Waals surface area (Å²) in [6.45, 7) is 6.90. The van der Waals surface area contributed by atoms with Crippen LogP contribution in [-0.2, 0) is 4.79 Å². The van der Waals surface area contributed by atoms with Gasteiger partial charge in [-0.15, -0.1) is 0 Å². The Kier molecular flexibility index (Phi) is 6.69. The second-order valence-corrected chi connectivity index (χ2v) is 5.55. The number of hydrogen-bond acceptors (Lipinski definition) is 4. The molecule has 1 amide bonds. The number of hydrogen-bond donors (Lipinski definition) is 0. The van der Waals surface area contributed by atoms with E-state index in [1.54, 1.807) is 30.4 Å². The lowest BCUT2D eigenvalue weighted by Crippen LogP contribution is -2.27. The van der Waals surface area contributed by atoms with E-state index >= 15 is 0 Å². The number of carbonyl (C=O) groups excluding carboxylic acids is 1. The van der Waals surface area contributed by atoms with E-state index in [0.717, 1.165) is 11.3 Å². The van der Waals surface area contributed by atoms with Gasteiger partial charge < -0.3 is 18.8 Å². The highest BCUT2D eigenvalue weighted by Gasteiger charge is 2.17. The molecule has 0 fully saturated rings. The Morgan fingerprint density at radius 3 is 2.56 bits per heavy atom. The Balaban J connectivity index is 2.09. The van der Waals surface area contributed by atoms with Crippen LogP contribution in [0, 0.1) is 0 Å². The summed E-state index contributed by atoms with van der Waals surface area (Å²) in [5.41, 5.74) is 0.874. The minimum atomic E-state index is -0.133. The lowest BCUT2D eigenvalue weighted by Gasteiger charge is -2.21. The molecule has 0 spiro atoms. The Morgan fingerprint density at radius 1 is 1.20 bits per heavy atom. The Morgan fingerprint density at radius 2 is 1.92 bits per heavy atom. The number of benzene rings is 1. The molecule has 1 atom stereocenters. The summed E-state index contributed by atoms with van der Waals surface area (Å²) < 4.78 is 16.5. The predicted octanol–water partition coefficient (Wildman–Crippen LogP) is 4.31. The molecule has 0 aliphatic rings. The van der Waals surface area contributed by atoms with Crippen molar-refractivity contribution >= 4 is 12.0 Å². The maximum Gasteiger partial charge on any atom is 0.246 e. The maximum atomic E-state index is 12.4. The third-order valence-corrected chi connectivity index (χ3v) is 3.87. The topological polar surface area (TPSA) is 51.9 Å². The molecular formula is C20H25NO4. The first kappa shape index (κ1) is 18.6. The molecule has 2 rings (SSSR count). The molecule has 5 heteroatoms. The first-order valence-electron chi connectivity index (χ1n) is 8.44. The van der Waals surface area contributed by atoms with E-state index in [9.17, 15) is 4.79 Å². The lowest BCUT2D eigenvalue weighted by atomic mass is 10.1. The van der Waals surface area contributed by atoms with Crippen molar-refractivity contribution in [3.8, 4) is 11.5 Å². The van der Waals surface area contributed by atoms with Gasteiger partial charge in [0.2, 0.25) is 5.91 Å². The molecule has 0 radical (unpaired) electrons. The van der Waals surface area contributed by atoms with Crippen LogP contribution in [0.5, 0.6) is 11.5 Å². The van der Waals surface area contributed by atoms with Gasteiger partial charge in [-0.3, -0.25) is 4.79 Å². The van der Waals surface area contributed by atoms with Gasteiger partial charge in [0.05, 0.1) is 25.5 Å². The minimum Gasteiger partial charge on any atom is -0.490 e. The van der Waals surface area contributed by atoms with Crippen LogP contribution in [-0.4, -0.2) is 31.1 Å². The molecule has 5 nitrogen and oxygen atoms in total. The van der Waals surface area contributed by atoms with Gasteiger partial charge in [0.25, 0.3) is 0 Å². The molecule has 1 heterocycles. The van der Waals surface area contributed by atoms with Crippen LogP contribution >= 0.6 is 0 Å². The third kappa shape index (κ3) is 4.89. The van der Waals surface area contributed by atoms with Crippen LogP contribution < -0.4 is 9.47 Å². The number of carbonyl (C=O) groups is 1. The van der Waals surface area contributed by atoms with E-state index in [-0.39, 0.29) is 11.9 Å². The van der Waals surface area contributed by atoms with Gasteiger partial charge in [0, 0.05) is 13.1 Å². The quantitative estimate of drug-likeness (QED) is 0.670. The molecule has 0 aliphatic heterocycles. The zero-order valence-electron chi connectivity index (χ0n) is 15.2. The van der Waals surface area contributed by atoms with Crippen molar-refractivity contribution in [2.45, 2.75) is 26.8 Å². The Labute approximate surface area is 148 Å². The van der Waals surface area contributed by atoms with E-state index < -0.39 is 0 Å². The van der Waals surface area contributed by atoms with Crippen molar-refractivity contribution < 1.29 is 18.7 Å². The number of furan rings is 1. The summed E-state index contributed by atoms with van der Waals surface area (Å²) in [6.07, 6.45) is 4.92. The van der Waals surface area contributed by atoms with Gasteiger partial charge in [-0.1, -0.05) is 6.07 Å². The number of likely N-dealkylation sites (N-methyl/N-ethyl adjacent to an activating group) is 1. The third-order valence-electron chi connectivity index (χ3n) is 3.87. The fourth-order valence-corrected chi connectivity index (χ4v) is 2.37. The molecule has 25 heavy (non-hydrogen) atoms. The average molecular weight is 343 g/mol. The normalized spacial score (nSPS) is 12.2. The second kappa shape index (κ2) is 8.97. The fourth-order valence-electron chi connectivity index (χ4n) is 2.37. The van der Waals surface area contributed by atoms with E-state index in [2.05, 4.69) is 0 Å². The van der Waals surface area contributed by atoms with Gasteiger partial charge in [-0.05, 0) is 56.7 Å². The zero-order valence-corrected chi connectivity index (χ0v) is 15.2. The monoisotopic (exact) mass is 343 g/mol. The smallest absolute Gasteiger partial charge is 0.246 e. The number of rotatable bonds is 8. The fraction of sp³-hybridized carbons (Fsp3) is 0.350. The molecule has 0 bridgehead atoms. The standard InChI is InChI=1S/C20H25NO4/c1-5-23-18-11-9-16(14-19(18)24-6-2)10-12-20(22)21(4)15(3)17-8-7-13-25-17/h7-15H,5-6H2,1-4H3/b12-10+. The minimum absolute atomic E-state index is 0.101. The Hall–Kier alpha value is -2.69. The molecule has 1 unspecified atom stereocenters. The van der Waals surface area contributed by atoms with Crippen molar-refractivity contribution in [3.05, 3.63) is 54.0 Å². The summed E-state index contributed by atoms with van der Waals surface area (Å²) in [4.78, 5) is 14.0. The highest BCUT2D eigenvalue weighted by molar-refractivity contribution is 5.91. The zero-order chi connectivity index (χ0) is 18.2. The molecule has 0 saturated carbocycles. The van der Waals surface area contributed by atoms with Crippen molar-refractivity contribution in [2.24, 2.45) is 0 Å². The van der Waals surface area contributed by atoms with Crippen molar-refractivity contribution in [1.29, 1.82) is 0 Å². The first-order chi connectivity index (χ1) is 12.1. The molecular weight excluding hydrogens is 318 g/mol. The molecule has 0 aliphatic carbocycles. The first-order valence-corrected chi connectivity index (χ1v) is 8.44.